The Balaban J connectivity index is 1.58. The minimum absolute atomic E-state index is 0.0468. The van der Waals surface area contributed by atoms with Crippen molar-refractivity contribution >= 4 is 32.5 Å². The third-order valence-corrected chi connectivity index (χ3v) is 7.75. The molecule has 0 amide bonds. The highest BCUT2D eigenvalue weighted by molar-refractivity contribution is 7.89. The van der Waals surface area contributed by atoms with E-state index in [-0.39, 0.29) is 12.0 Å². The van der Waals surface area contributed by atoms with Gasteiger partial charge in [0.25, 0.3) is 0 Å². The minimum atomic E-state index is -3.54. The first-order chi connectivity index (χ1) is 14.3. The molecule has 2 aromatic carbocycles. The first-order valence-corrected chi connectivity index (χ1v) is 12.2. The molecule has 4 rings (SSSR count). The third-order valence-electron chi connectivity index (χ3n) is 5.64. The summed E-state index contributed by atoms with van der Waals surface area (Å²) in [5.74, 6) is 0.824. The highest BCUT2D eigenvalue weighted by atomic mass is 35.5. The molecular formula is C23H27ClN2O3S. The molecule has 1 aliphatic rings. The second kappa shape index (κ2) is 8.25. The number of hydrogen-bond acceptors (Lipinski definition) is 3. The molecule has 0 N–H and O–H groups in total. The van der Waals surface area contributed by atoms with Gasteiger partial charge in [-0.15, -0.1) is 0 Å². The zero-order valence-electron chi connectivity index (χ0n) is 17.5. The van der Waals surface area contributed by atoms with Gasteiger partial charge in [0.15, 0.2) is 0 Å². The van der Waals surface area contributed by atoms with Crippen molar-refractivity contribution in [3.8, 4) is 5.75 Å². The highest BCUT2D eigenvalue weighted by Crippen LogP contribution is 2.37. The quantitative estimate of drug-likeness (QED) is 0.517. The Morgan fingerprint density at radius 3 is 2.57 bits per heavy atom. The number of fused-ring (bicyclic) bond motifs is 1. The van der Waals surface area contributed by atoms with Crippen molar-refractivity contribution < 1.29 is 13.2 Å². The smallest absolute Gasteiger partial charge is 0.243 e. The van der Waals surface area contributed by atoms with Crippen molar-refractivity contribution in [3.63, 3.8) is 0 Å². The van der Waals surface area contributed by atoms with Crippen LogP contribution in [-0.4, -0.2) is 36.5 Å². The Bertz CT molecular complexity index is 1150. The molecule has 0 unspecified atom stereocenters. The van der Waals surface area contributed by atoms with E-state index in [4.69, 9.17) is 16.3 Å². The van der Waals surface area contributed by atoms with E-state index in [1.54, 1.807) is 28.6 Å². The summed E-state index contributed by atoms with van der Waals surface area (Å²) < 4.78 is 35.8. The van der Waals surface area contributed by atoms with Crippen molar-refractivity contribution in [1.29, 1.82) is 0 Å². The number of benzene rings is 2. The van der Waals surface area contributed by atoms with Crippen LogP contribution in [0.2, 0.25) is 5.02 Å². The molecule has 5 nitrogen and oxygen atoms in total. The summed E-state index contributed by atoms with van der Waals surface area (Å²) in [7, 11) is -3.54. The molecule has 1 fully saturated rings. The summed E-state index contributed by atoms with van der Waals surface area (Å²) >= 11 is 6.25. The second-order valence-electron chi connectivity index (χ2n) is 8.02. The van der Waals surface area contributed by atoms with Crippen molar-refractivity contribution in [3.05, 3.63) is 59.2 Å². The van der Waals surface area contributed by atoms with Crippen LogP contribution in [0.15, 0.2) is 53.6 Å². The van der Waals surface area contributed by atoms with Crippen LogP contribution in [0.3, 0.4) is 0 Å². The lowest BCUT2D eigenvalue weighted by Gasteiger charge is -2.17. The standard InChI is InChI=1S/C23H27ClN2O3S/c1-4-25-15-22(21-13-18(24)5-10-23(21)25)17-11-12-26(14-17)30(27,28)20-8-6-19(7-9-20)29-16(2)3/h5-10,13,15-17H,4,11-12,14H2,1-3H3/t17-/m1/s1. The number of hydrogen-bond donors (Lipinski definition) is 0. The number of nitrogens with zero attached hydrogens (tertiary/aromatic N) is 2. The van der Waals surface area contributed by atoms with E-state index in [0.717, 1.165) is 23.9 Å². The van der Waals surface area contributed by atoms with Gasteiger partial charge in [0.2, 0.25) is 10.0 Å². The lowest BCUT2D eigenvalue weighted by Crippen LogP contribution is -2.28. The molecular weight excluding hydrogens is 420 g/mol. The molecule has 30 heavy (non-hydrogen) atoms. The number of rotatable bonds is 6. The summed E-state index contributed by atoms with van der Waals surface area (Å²) in [6, 6.07) is 12.6. The second-order valence-corrected chi connectivity index (χ2v) is 10.4. The number of ether oxygens (including phenoxy) is 1. The average molecular weight is 447 g/mol. The Morgan fingerprint density at radius 1 is 1.17 bits per heavy atom. The van der Waals surface area contributed by atoms with Gasteiger partial charge in [-0.3, -0.25) is 0 Å². The van der Waals surface area contributed by atoms with Gasteiger partial charge in [-0.1, -0.05) is 11.6 Å². The van der Waals surface area contributed by atoms with Crippen LogP contribution in [0.4, 0.5) is 0 Å². The molecule has 0 bridgehead atoms. The van der Waals surface area contributed by atoms with Crippen molar-refractivity contribution in [2.24, 2.45) is 0 Å². The maximum Gasteiger partial charge on any atom is 0.243 e. The molecule has 7 heteroatoms. The normalized spacial score (nSPS) is 17.8. The predicted molar refractivity (Wildman–Crippen MR) is 121 cm³/mol. The van der Waals surface area contributed by atoms with Crippen molar-refractivity contribution in [1.82, 2.24) is 8.87 Å². The monoisotopic (exact) mass is 446 g/mol. The fourth-order valence-electron chi connectivity index (χ4n) is 4.20. The lowest BCUT2D eigenvalue weighted by molar-refractivity contribution is 0.242. The topological polar surface area (TPSA) is 51.5 Å². The van der Waals surface area contributed by atoms with E-state index in [1.165, 1.54) is 5.56 Å². The first kappa shape index (κ1) is 21.2. The fourth-order valence-corrected chi connectivity index (χ4v) is 5.87. The van der Waals surface area contributed by atoms with Crippen LogP contribution in [0.5, 0.6) is 5.75 Å². The molecule has 1 aromatic heterocycles. The van der Waals surface area contributed by atoms with Gasteiger partial charge in [-0.05, 0) is 75.2 Å². The molecule has 0 spiro atoms. The lowest BCUT2D eigenvalue weighted by atomic mass is 9.98. The maximum atomic E-state index is 13.2. The summed E-state index contributed by atoms with van der Waals surface area (Å²) in [4.78, 5) is 0.304. The molecule has 1 saturated heterocycles. The summed E-state index contributed by atoms with van der Waals surface area (Å²) in [5.41, 5.74) is 2.31. The molecule has 1 atom stereocenters. The largest absolute Gasteiger partial charge is 0.491 e. The van der Waals surface area contributed by atoms with Crippen molar-refractivity contribution in [2.75, 3.05) is 13.1 Å². The summed E-state index contributed by atoms with van der Waals surface area (Å²) in [6.07, 6.45) is 2.99. The Kier molecular flexibility index (Phi) is 5.84. The maximum absolute atomic E-state index is 13.2. The van der Waals surface area contributed by atoms with Crippen LogP contribution >= 0.6 is 11.6 Å². The number of aromatic nitrogens is 1. The molecule has 2 heterocycles. The summed E-state index contributed by atoms with van der Waals surface area (Å²) in [5, 5.41) is 1.81. The van der Waals surface area contributed by atoms with Crippen LogP contribution < -0.4 is 4.74 Å². The Labute approximate surface area is 183 Å². The van der Waals surface area contributed by atoms with Gasteiger partial charge in [-0.25, -0.2) is 8.42 Å². The van der Waals surface area contributed by atoms with Gasteiger partial charge >= 0.3 is 0 Å². The van der Waals surface area contributed by atoms with E-state index in [0.29, 0.717) is 28.8 Å². The van der Waals surface area contributed by atoms with Gasteiger partial charge in [0.1, 0.15) is 5.75 Å². The molecule has 1 aliphatic heterocycles. The van der Waals surface area contributed by atoms with E-state index in [2.05, 4.69) is 17.7 Å². The van der Waals surface area contributed by atoms with Gasteiger partial charge < -0.3 is 9.30 Å². The number of sulfonamides is 1. The molecule has 3 aromatic rings. The van der Waals surface area contributed by atoms with Gasteiger partial charge in [0.05, 0.1) is 11.0 Å². The predicted octanol–water partition coefficient (Wildman–Crippen LogP) is 5.28. The van der Waals surface area contributed by atoms with E-state index in [1.807, 2.05) is 32.0 Å². The minimum Gasteiger partial charge on any atom is -0.491 e. The molecule has 0 radical (unpaired) electrons. The van der Waals surface area contributed by atoms with Crippen LogP contribution in [0.1, 0.15) is 38.7 Å². The molecule has 0 aliphatic carbocycles. The number of aryl methyl sites for hydroxylation is 1. The third kappa shape index (κ3) is 3.96. The highest BCUT2D eigenvalue weighted by Gasteiger charge is 2.34. The fraction of sp³-hybridized carbons (Fsp3) is 0.391. The van der Waals surface area contributed by atoms with E-state index < -0.39 is 10.0 Å². The van der Waals surface area contributed by atoms with Crippen LogP contribution in [0.25, 0.3) is 10.9 Å². The van der Waals surface area contributed by atoms with Crippen molar-refractivity contribution in [2.45, 2.75) is 50.7 Å². The Hall–Kier alpha value is -2.02. The zero-order chi connectivity index (χ0) is 21.5. The van der Waals surface area contributed by atoms with Crippen LogP contribution in [0, 0.1) is 0 Å². The molecule has 160 valence electrons. The SMILES string of the molecule is CCn1cc([C@@H]2CCN(S(=O)(=O)c3ccc(OC(C)C)cc3)C2)c2cc(Cl)ccc21. The van der Waals surface area contributed by atoms with E-state index in [9.17, 15) is 8.42 Å². The average Bonchev–Trinajstić information content (AvgIpc) is 3.32. The first-order valence-electron chi connectivity index (χ1n) is 10.3. The van der Waals surface area contributed by atoms with E-state index >= 15 is 0 Å². The van der Waals surface area contributed by atoms with Gasteiger partial charge in [0, 0.05) is 47.7 Å². The number of halogens is 1. The molecule has 0 saturated carbocycles. The Morgan fingerprint density at radius 2 is 1.90 bits per heavy atom. The van der Waals surface area contributed by atoms with Gasteiger partial charge in [-0.2, -0.15) is 4.31 Å². The van der Waals surface area contributed by atoms with Crippen LogP contribution in [-0.2, 0) is 16.6 Å². The zero-order valence-corrected chi connectivity index (χ0v) is 19.1. The summed E-state index contributed by atoms with van der Waals surface area (Å²) in [6.45, 7) is 7.83.